The molecule has 0 aromatic heterocycles. The topological polar surface area (TPSA) is 29.5 Å². The van der Waals surface area contributed by atoms with Crippen molar-refractivity contribution >= 4 is 6.09 Å². The Morgan fingerprint density at radius 3 is 2.23 bits per heavy atom. The van der Waals surface area contributed by atoms with E-state index >= 15 is 0 Å². The number of nitrogens with zero attached hydrogens (tertiary/aromatic N) is 1. The second-order valence-electron chi connectivity index (χ2n) is 7.73. The summed E-state index contributed by atoms with van der Waals surface area (Å²) in [5.74, 6) is 0. The molecule has 3 fully saturated rings. The lowest BCUT2D eigenvalue weighted by Gasteiger charge is -2.63. The number of piperidine rings is 1. The zero-order valence-electron chi connectivity index (χ0n) is 13.2. The van der Waals surface area contributed by atoms with Crippen LogP contribution in [-0.2, 0) is 11.3 Å². The fraction of sp³-hybridized carbons (Fsp3) is 0.632. The molecule has 1 heterocycles. The average molecular weight is 299 g/mol. The highest BCUT2D eigenvalue weighted by molar-refractivity contribution is 5.67. The van der Waals surface area contributed by atoms with Crippen molar-refractivity contribution in [2.24, 2.45) is 10.8 Å². The number of carbonyl (C=O) groups excluding carboxylic acids is 1. The maximum absolute atomic E-state index is 12.2. The normalized spacial score (nSPS) is 24.6. The molecule has 3 nitrogen and oxygen atoms in total. The summed E-state index contributed by atoms with van der Waals surface area (Å²) in [4.78, 5) is 14.1. The number of amides is 1. The van der Waals surface area contributed by atoms with Crippen molar-refractivity contribution in [3.8, 4) is 0 Å². The van der Waals surface area contributed by atoms with E-state index in [9.17, 15) is 4.79 Å². The van der Waals surface area contributed by atoms with Gasteiger partial charge in [-0.15, -0.1) is 0 Å². The van der Waals surface area contributed by atoms with Gasteiger partial charge in [0.2, 0.25) is 0 Å². The minimum Gasteiger partial charge on any atom is -0.445 e. The lowest BCUT2D eigenvalue weighted by Crippen LogP contribution is -2.55. The van der Waals surface area contributed by atoms with E-state index in [4.69, 9.17) is 4.74 Å². The van der Waals surface area contributed by atoms with E-state index < -0.39 is 0 Å². The Balaban J connectivity index is 1.24. The van der Waals surface area contributed by atoms with Crippen LogP contribution in [-0.4, -0.2) is 24.1 Å². The predicted molar refractivity (Wildman–Crippen MR) is 85.4 cm³/mol. The molecule has 0 atom stereocenters. The summed E-state index contributed by atoms with van der Waals surface area (Å²) in [7, 11) is 0. The van der Waals surface area contributed by atoms with E-state index in [1.165, 1.54) is 44.9 Å². The number of hydrogen-bond acceptors (Lipinski definition) is 2. The average Bonchev–Trinajstić information content (AvgIpc) is 2.49. The molecule has 22 heavy (non-hydrogen) atoms. The van der Waals surface area contributed by atoms with Gasteiger partial charge < -0.3 is 9.64 Å². The van der Waals surface area contributed by atoms with Gasteiger partial charge in [-0.1, -0.05) is 36.8 Å². The Bertz CT molecular complexity index is 532. The molecule has 1 saturated heterocycles. The van der Waals surface area contributed by atoms with Crippen LogP contribution >= 0.6 is 0 Å². The Kier molecular flexibility index (Phi) is 3.39. The first-order valence-electron chi connectivity index (χ1n) is 8.65. The number of likely N-dealkylation sites (tertiary alicyclic amines) is 1. The number of ether oxygens (including phenoxy) is 1. The highest BCUT2D eigenvalue weighted by Crippen LogP contribution is 2.67. The number of hydrogen-bond donors (Lipinski definition) is 0. The molecule has 2 saturated carbocycles. The van der Waals surface area contributed by atoms with E-state index in [-0.39, 0.29) is 6.09 Å². The SMILES string of the molecule is O=C(OCc1ccccc1)N1CCC2(CC1)CC1(CCC1)C2. The third kappa shape index (κ3) is 2.51. The van der Waals surface area contributed by atoms with Crippen LogP contribution in [0.4, 0.5) is 4.79 Å². The maximum atomic E-state index is 12.2. The van der Waals surface area contributed by atoms with E-state index in [1.807, 2.05) is 35.2 Å². The van der Waals surface area contributed by atoms with Crippen molar-refractivity contribution in [2.75, 3.05) is 13.1 Å². The monoisotopic (exact) mass is 299 g/mol. The van der Waals surface area contributed by atoms with Gasteiger partial charge in [0.05, 0.1) is 0 Å². The Labute approximate surface area is 132 Å². The molecule has 2 spiro atoms. The Hall–Kier alpha value is -1.51. The van der Waals surface area contributed by atoms with Crippen LogP contribution in [0.15, 0.2) is 30.3 Å². The summed E-state index contributed by atoms with van der Waals surface area (Å²) >= 11 is 0. The van der Waals surface area contributed by atoms with Crippen LogP contribution in [0.5, 0.6) is 0 Å². The molecule has 118 valence electrons. The highest BCUT2D eigenvalue weighted by atomic mass is 16.6. The van der Waals surface area contributed by atoms with Gasteiger partial charge in [-0.3, -0.25) is 0 Å². The molecular formula is C19H25NO2. The summed E-state index contributed by atoms with van der Waals surface area (Å²) in [6, 6.07) is 9.90. The van der Waals surface area contributed by atoms with Crippen LogP contribution in [0.1, 0.15) is 50.5 Å². The minimum atomic E-state index is -0.142. The second-order valence-corrected chi connectivity index (χ2v) is 7.73. The third-order valence-corrected chi connectivity index (χ3v) is 6.20. The van der Waals surface area contributed by atoms with Gasteiger partial charge in [-0.05, 0) is 54.9 Å². The van der Waals surface area contributed by atoms with E-state index in [1.54, 1.807) is 0 Å². The van der Waals surface area contributed by atoms with Gasteiger partial charge in [0.1, 0.15) is 6.61 Å². The van der Waals surface area contributed by atoms with Crippen LogP contribution < -0.4 is 0 Å². The van der Waals surface area contributed by atoms with Gasteiger partial charge in [-0.2, -0.15) is 0 Å². The second kappa shape index (κ2) is 5.29. The molecule has 2 aliphatic carbocycles. The van der Waals surface area contributed by atoms with Gasteiger partial charge in [0.15, 0.2) is 0 Å². The molecule has 1 aliphatic heterocycles. The summed E-state index contributed by atoms with van der Waals surface area (Å²) < 4.78 is 5.45. The van der Waals surface area contributed by atoms with Crippen molar-refractivity contribution in [2.45, 2.75) is 51.6 Å². The lowest BCUT2D eigenvalue weighted by molar-refractivity contribution is -0.122. The summed E-state index contributed by atoms with van der Waals surface area (Å²) in [6.45, 7) is 2.14. The fourth-order valence-corrected chi connectivity index (χ4v) is 4.90. The zero-order valence-corrected chi connectivity index (χ0v) is 13.2. The molecule has 3 aliphatic rings. The number of rotatable bonds is 2. The highest BCUT2D eigenvalue weighted by Gasteiger charge is 2.57. The van der Waals surface area contributed by atoms with Gasteiger partial charge in [-0.25, -0.2) is 4.79 Å². The molecule has 1 amide bonds. The molecule has 0 N–H and O–H groups in total. The molecular weight excluding hydrogens is 274 g/mol. The van der Waals surface area contributed by atoms with Crippen molar-refractivity contribution in [1.82, 2.24) is 4.90 Å². The standard InChI is InChI=1S/C19H25NO2/c21-17(22-13-16-5-2-1-3-6-16)20-11-9-19(10-12-20)14-18(15-19)7-4-8-18/h1-3,5-6H,4,7-15H2. The quantitative estimate of drug-likeness (QED) is 0.811. The summed E-state index contributed by atoms with van der Waals surface area (Å²) in [5, 5.41) is 0. The molecule has 1 aromatic rings. The first-order chi connectivity index (χ1) is 10.7. The van der Waals surface area contributed by atoms with Crippen molar-refractivity contribution in [1.29, 1.82) is 0 Å². The maximum Gasteiger partial charge on any atom is 0.410 e. The van der Waals surface area contributed by atoms with Crippen molar-refractivity contribution in [3.63, 3.8) is 0 Å². The molecule has 3 heteroatoms. The van der Waals surface area contributed by atoms with Gasteiger partial charge >= 0.3 is 6.09 Å². The van der Waals surface area contributed by atoms with Crippen LogP contribution in [0.2, 0.25) is 0 Å². The van der Waals surface area contributed by atoms with Gasteiger partial charge in [0.25, 0.3) is 0 Å². The van der Waals surface area contributed by atoms with Gasteiger partial charge in [0, 0.05) is 13.1 Å². The van der Waals surface area contributed by atoms with E-state index in [0.717, 1.165) is 24.1 Å². The van der Waals surface area contributed by atoms with Crippen LogP contribution in [0, 0.1) is 10.8 Å². The van der Waals surface area contributed by atoms with Crippen LogP contribution in [0.25, 0.3) is 0 Å². The van der Waals surface area contributed by atoms with Crippen LogP contribution in [0.3, 0.4) is 0 Å². The summed E-state index contributed by atoms with van der Waals surface area (Å²) in [5.41, 5.74) is 2.35. The Morgan fingerprint density at radius 2 is 1.64 bits per heavy atom. The smallest absolute Gasteiger partial charge is 0.410 e. The Morgan fingerprint density at radius 1 is 1.00 bits per heavy atom. The zero-order chi connectivity index (χ0) is 15.0. The van der Waals surface area contributed by atoms with E-state index in [0.29, 0.717) is 12.0 Å². The van der Waals surface area contributed by atoms with E-state index in [2.05, 4.69) is 0 Å². The minimum absolute atomic E-state index is 0.142. The number of benzene rings is 1. The fourth-order valence-electron chi connectivity index (χ4n) is 4.90. The lowest BCUT2D eigenvalue weighted by atomic mass is 9.43. The molecule has 0 bridgehead atoms. The number of carbonyl (C=O) groups is 1. The molecule has 4 rings (SSSR count). The first kappa shape index (κ1) is 14.1. The van der Waals surface area contributed by atoms with Crippen molar-refractivity contribution in [3.05, 3.63) is 35.9 Å². The predicted octanol–water partition coefficient (Wildman–Crippen LogP) is 4.37. The third-order valence-electron chi connectivity index (χ3n) is 6.20. The molecule has 0 radical (unpaired) electrons. The summed E-state index contributed by atoms with van der Waals surface area (Å²) in [6.07, 6.45) is 9.41. The van der Waals surface area contributed by atoms with Crippen molar-refractivity contribution < 1.29 is 9.53 Å². The first-order valence-corrected chi connectivity index (χ1v) is 8.65. The molecule has 0 unspecified atom stereocenters. The largest absolute Gasteiger partial charge is 0.445 e. The molecule has 1 aromatic carbocycles.